The minimum absolute atomic E-state index is 0.116. The van der Waals surface area contributed by atoms with Gasteiger partial charge in [0.2, 0.25) is 5.91 Å². The van der Waals surface area contributed by atoms with Gasteiger partial charge in [-0.25, -0.2) is 9.97 Å². The van der Waals surface area contributed by atoms with Crippen LogP contribution in [0.3, 0.4) is 0 Å². The fourth-order valence-corrected chi connectivity index (χ4v) is 6.11. The molecule has 1 aromatic carbocycles. The number of anilines is 2. The number of aliphatic hydroxyl groups is 1. The molecule has 3 aromatic heterocycles. The Morgan fingerprint density at radius 1 is 1.04 bits per heavy atom. The number of nitrogens with two attached hydrogens (primary N) is 1. The van der Waals surface area contributed by atoms with E-state index in [0.29, 0.717) is 42.6 Å². The first kappa shape index (κ1) is 31.2. The summed E-state index contributed by atoms with van der Waals surface area (Å²) in [6, 6.07) is 7.96. The molecule has 2 aliphatic heterocycles. The fourth-order valence-electron chi connectivity index (χ4n) is 6.11. The molecule has 46 heavy (non-hydrogen) atoms. The first-order valence-electron chi connectivity index (χ1n) is 15.3. The maximum absolute atomic E-state index is 13.1. The molecule has 10 nitrogen and oxygen atoms in total. The van der Waals surface area contributed by atoms with E-state index in [1.54, 1.807) is 36.5 Å². The van der Waals surface area contributed by atoms with Gasteiger partial charge in [0.05, 0.1) is 28.6 Å². The molecule has 240 valence electrons. The second-order valence-electron chi connectivity index (χ2n) is 11.7. The van der Waals surface area contributed by atoms with Gasteiger partial charge >= 0.3 is 6.18 Å². The van der Waals surface area contributed by atoms with Crippen molar-refractivity contribution in [2.45, 2.75) is 63.3 Å². The molecule has 2 bridgehead atoms. The molecular formula is C33H34F3N7O3. The van der Waals surface area contributed by atoms with Crippen LogP contribution in [0.25, 0.3) is 28.2 Å². The molecule has 4 aromatic rings. The number of halogens is 3. The monoisotopic (exact) mass is 633 g/mol. The Hall–Kier alpha value is -4.78. The molecule has 6 rings (SSSR count). The highest BCUT2D eigenvalue weighted by molar-refractivity contribution is 6.06. The first-order chi connectivity index (χ1) is 22.1. The summed E-state index contributed by atoms with van der Waals surface area (Å²) in [6.07, 6.45) is 6.13. The summed E-state index contributed by atoms with van der Waals surface area (Å²) < 4.78 is 41.2. The van der Waals surface area contributed by atoms with E-state index in [4.69, 9.17) is 10.8 Å². The number of alkyl halides is 3. The normalized spacial score (nSPS) is 19.5. The average molecular weight is 634 g/mol. The minimum Gasteiger partial charge on any atom is -0.389 e. The van der Waals surface area contributed by atoms with E-state index in [1.807, 2.05) is 15.7 Å². The van der Waals surface area contributed by atoms with Crippen molar-refractivity contribution in [3.63, 3.8) is 0 Å². The van der Waals surface area contributed by atoms with Gasteiger partial charge in [-0.05, 0) is 49.9 Å². The Morgan fingerprint density at radius 2 is 1.85 bits per heavy atom. The van der Waals surface area contributed by atoms with Crippen molar-refractivity contribution < 1.29 is 27.9 Å². The summed E-state index contributed by atoms with van der Waals surface area (Å²) in [5.74, 6) is -0.469. The topological polar surface area (TPSA) is 139 Å². The number of piperidine rings is 1. The summed E-state index contributed by atoms with van der Waals surface area (Å²) in [4.78, 5) is 36.1. The predicted octanol–water partition coefficient (Wildman–Crippen LogP) is 5.85. The quantitative estimate of drug-likeness (QED) is 0.257. The van der Waals surface area contributed by atoms with Gasteiger partial charge < -0.3 is 21.1 Å². The van der Waals surface area contributed by atoms with Crippen LogP contribution in [0.5, 0.6) is 0 Å². The SMILES string of the molecule is Nc1ncc2c3c1c(-c1ccc(C(=O)Nc4cc(C(F)(F)F)ccn4)cc1)nn3[C@@H]1CCCN(C1)C(=O)CCCCC[C@H](O)C=C2. The summed E-state index contributed by atoms with van der Waals surface area (Å²) >= 11 is 0. The van der Waals surface area contributed by atoms with Gasteiger partial charge in [-0.1, -0.05) is 37.1 Å². The van der Waals surface area contributed by atoms with Crippen molar-refractivity contribution >= 4 is 40.4 Å². The van der Waals surface area contributed by atoms with Crippen LogP contribution in [-0.2, 0) is 11.0 Å². The van der Waals surface area contributed by atoms with E-state index < -0.39 is 23.8 Å². The maximum Gasteiger partial charge on any atom is 0.416 e. The zero-order chi connectivity index (χ0) is 32.4. The van der Waals surface area contributed by atoms with Crippen LogP contribution in [0.15, 0.2) is 54.9 Å². The summed E-state index contributed by atoms with van der Waals surface area (Å²) in [6.45, 7) is 1.20. The number of hydrogen-bond acceptors (Lipinski definition) is 7. The van der Waals surface area contributed by atoms with Crippen molar-refractivity contribution in [2.75, 3.05) is 24.1 Å². The van der Waals surface area contributed by atoms with Gasteiger partial charge in [-0.2, -0.15) is 18.3 Å². The number of carbonyl (C=O) groups is 2. The van der Waals surface area contributed by atoms with E-state index in [0.717, 1.165) is 61.5 Å². The number of aromatic nitrogens is 4. The van der Waals surface area contributed by atoms with E-state index in [9.17, 15) is 27.9 Å². The fraction of sp³-hybridized carbons (Fsp3) is 0.364. The largest absolute Gasteiger partial charge is 0.416 e. The van der Waals surface area contributed by atoms with Gasteiger partial charge in [0.25, 0.3) is 5.91 Å². The maximum atomic E-state index is 13.1. The number of benzene rings is 1. The van der Waals surface area contributed by atoms with Crippen molar-refractivity contribution in [1.82, 2.24) is 24.6 Å². The first-order valence-corrected chi connectivity index (χ1v) is 15.3. The van der Waals surface area contributed by atoms with Crippen LogP contribution in [0.2, 0.25) is 0 Å². The lowest BCUT2D eigenvalue weighted by molar-refractivity contribution is -0.137. The number of hydrogen-bond donors (Lipinski definition) is 3. The molecule has 0 saturated carbocycles. The molecule has 2 aliphatic rings. The number of nitrogen functional groups attached to an aromatic ring is 1. The Morgan fingerprint density at radius 3 is 2.63 bits per heavy atom. The van der Waals surface area contributed by atoms with Crippen LogP contribution in [0, 0.1) is 0 Å². The number of aliphatic hydroxyl groups excluding tert-OH is 1. The van der Waals surface area contributed by atoms with Gasteiger partial charge in [0.15, 0.2) is 0 Å². The highest BCUT2D eigenvalue weighted by atomic mass is 19.4. The van der Waals surface area contributed by atoms with Gasteiger partial charge in [-0.3, -0.25) is 14.3 Å². The molecule has 0 radical (unpaired) electrons. The van der Waals surface area contributed by atoms with Crippen LogP contribution in [0.1, 0.15) is 72.5 Å². The van der Waals surface area contributed by atoms with Crippen molar-refractivity contribution in [3.8, 4) is 11.3 Å². The third-order valence-electron chi connectivity index (χ3n) is 8.52. The molecule has 2 amide bonds. The molecule has 1 saturated heterocycles. The molecule has 0 spiro atoms. The molecular weight excluding hydrogens is 599 g/mol. The molecule has 1 fully saturated rings. The van der Waals surface area contributed by atoms with E-state index >= 15 is 0 Å². The molecule has 2 atom stereocenters. The van der Waals surface area contributed by atoms with Crippen LogP contribution < -0.4 is 11.1 Å². The third-order valence-corrected chi connectivity index (χ3v) is 8.52. The lowest BCUT2D eigenvalue weighted by Crippen LogP contribution is -2.40. The predicted molar refractivity (Wildman–Crippen MR) is 168 cm³/mol. The van der Waals surface area contributed by atoms with Gasteiger partial charge in [0.1, 0.15) is 17.3 Å². The highest BCUT2D eigenvalue weighted by Gasteiger charge is 2.31. The molecule has 0 aliphatic carbocycles. The van der Waals surface area contributed by atoms with Crippen LogP contribution in [-0.4, -0.2) is 60.8 Å². The molecule has 0 unspecified atom stereocenters. The number of amides is 2. The number of carbonyl (C=O) groups excluding carboxylic acids is 2. The van der Waals surface area contributed by atoms with Crippen molar-refractivity contribution in [1.29, 1.82) is 0 Å². The smallest absolute Gasteiger partial charge is 0.389 e. The Balaban J connectivity index is 1.37. The number of nitrogens with zero attached hydrogens (tertiary/aromatic N) is 5. The highest BCUT2D eigenvalue weighted by Crippen LogP contribution is 2.37. The second kappa shape index (κ2) is 12.9. The Labute approximate surface area is 263 Å². The van der Waals surface area contributed by atoms with Gasteiger partial charge in [0, 0.05) is 48.6 Å². The number of rotatable bonds is 3. The van der Waals surface area contributed by atoms with Crippen LogP contribution in [0.4, 0.5) is 24.8 Å². The zero-order valence-electron chi connectivity index (χ0n) is 25.0. The number of nitrogens with one attached hydrogen (secondary N) is 1. The average Bonchev–Trinajstić information content (AvgIpc) is 3.45. The van der Waals surface area contributed by atoms with E-state index in [-0.39, 0.29) is 29.1 Å². The lowest BCUT2D eigenvalue weighted by Gasteiger charge is -2.33. The summed E-state index contributed by atoms with van der Waals surface area (Å²) in [7, 11) is 0. The molecule has 4 N–H and O–H groups in total. The van der Waals surface area contributed by atoms with Crippen LogP contribution >= 0.6 is 0 Å². The number of fused-ring (bicyclic) bond motifs is 3. The van der Waals surface area contributed by atoms with E-state index in [2.05, 4.69) is 15.3 Å². The number of pyridine rings is 2. The standard InChI is InChI=1S/C33H34F3N7O3/c34-33(35,36)23-14-15-38-26(17-23)40-32(46)21-10-8-20(9-11-21)29-28-30-22(18-39-31(28)37)12-13-25(44)6-2-1-3-7-27(45)42-16-4-5-24(19-42)43(30)41-29/h8-15,17-18,24-25,44H,1-7,16,19H2,(H2,37,39)(H,38,40,46)/t24-,25+/m1/s1. The van der Waals surface area contributed by atoms with E-state index in [1.165, 1.54) is 0 Å². The zero-order valence-corrected chi connectivity index (χ0v) is 25.0. The Kier molecular flexibility index (Phi) is 8.76. The lowest BCUT2D eigenvalue weighted by atomic mass is 10.0. The molecule has 5 heterocycles. The minimum atomic E-state index is -4.57. The van der Waals surface area contributed by atoms with Crippen molar-refractivity contribution in [2.24, 2.45) is 0 Å². The molecule has 13 heteroatoms. The summed E-state index contributed by atoms with van der Waals surface area (Å²) in [5.41, 5.74) is 8.40. The third kappa shape index (κ3) is 6.59. The Bertz CT molecular complexity index is 1790. The van der Waals surface area contributed by atoms with Crippen molar-refractivity contribution in [3.05, 3.63) is 71.6 Å². The summed E-state index contributed by atoms with van der Waals surface area (Å²) in [5, 5.41) is 18.7. The second-order valence-corrected chi connectivity index (χ2v) is 11.7. The van der Waals surface area contributed by atoms with Gasteiger partial charge in [-0.15, -0.1) is 0 Å².